The van der Waals surface area contributed by atoms with Gasteiger partial charge in [-0.15, -0.1) is 0 Å². The molecule has 0 amide bonds. The highest BCUT2D eigenvalue weighted by Gasteiger charge is 2.17. The number of aliphatic hydroxyl groups is 1. The van der Waals surface area contributed by atoms with E-state index in [2.05, 4.69) is 39.9 Å². The van der Waals surface area contributed by atoms with Gasteiger partial charge in [0.1, 0.15) is 0 Å². The van der Waals surface area contributed by atoms with Gasteiger partial charge >= 0.3 is 0 Å². The summed E-state index contributed by atoms with van der Waals surface area (Å²) < 4.78 is 0. The van der Waals surface area contributed by atoms with Crippen molar-refractivity contribution in [1.29, 1.82) is 0 Å². The van der Waals surface area contributed by atoms with Crippen molar-refractivity contribution in [2.75, 3.05) is 6.61 Å². The molecule has 92 valence electrons. The van der Waals surface area contributed by atoms with Crippen LogP contribution < -0.4 is 5.32 Å². The molecule has 0 aliphatic heterocycles. The van der Waals surface area contributed by atoms with Crippen LogP contribution in [-0.4, -0.2) is 23.8 Å². The first-order chi connectivity index (χ1) is 7.04. The summed E-state index contributed by atoms with van der Waals surface area (Å²) in [4.78, 5) is 0. The standard InChI is InChI=1S/C13H29NO/c1-6-11(5)8-12(7-2)14-13(9-15)10(3)4/h10-15H,6-9H2,1-5H3/t11?,12?,13-/m1/s1. The van der Waals surface area contributed by atoms with E-state index in [4.69, 9.17) is 0 Å². The molecule has 0 spiro atoms. The molecule has 0 bridgehead atoms. The largest absolute Gasteiger partial charge is 0.395 e. The Labute approximate surface area is 95.5 Å². The van der Waals surface area contributed by atoms with Crippen molar-refractivity contribution in [1.82, 2.24) is 5.32 Å². The third kappa shape index (κ3) is 6.16. The van der Waals surface area contributed by atoms with Crippen molar-refractivity contribution in [3.63, 3.8) is 0 Å². The van der Waals surface area contributed by atoms with Crippen LogP contribution in [0.5, 0.6) is 0 Å². The molecule has 0 aromatic carbocycles. The van der Waals surface area contributed by atoms with E-state index in [9.17, 15) is 5.11 Å². The normalized spacial score (nSPS) is 17.8. The molecule has 0 fully saturated rings. The predicted molar refractivity (Wildman–Crippen MR) is 67.0 cm³/mol. The van der Waals surface area contributed by atoms with Gasteiger partial charge < -0.3 is 10.4 Å². The second kappa shape index (κ2) is 8.12. The summed E-state index contributed by atoms with van der Waals surface area (Å²) in [7, 11) is 0. The highest BCUT2D eigenvalue weighted by Crippen LogP contribution is 2.14. The molecule has 0 saturated carbocycles. The van der Waals surface area contributed by atoms with Gasteiger partial charge in [-0.2, -0.15) is 0 Å². The van der Waals surface area contributed by atoms with Crippen LogP contribution in [0.3, 0.4) is 0 Å². The van der Waals surface area contributed by atoms with Crippen molar-refractivity contribution < 1.29 is 5.11 Å². The van der Waals surface area contributed by atoms with Gasteiger partial charge in [0.05, 0.1) is 6.61 Å². The quantitative estimate of drug-likeness (QED) is 0.652. The fourth-order valence-corrected chi connectivity index (χ4v) is 1.76. The molecule has 0 radical (unpaired) electrons. The molecular formula is C13H29NO. The third-order valence-corrected chi connectivity index (χ3v) is 3.33. The molecule has 15 heavy (non-hydrogen) atoms. The van der Waals surface area contributed by atoms with Gasteiger partial charge in [0.15, 0.2) is 0 Å². The van der Waals surface area contributed by atoms with Crippen molar-refractivity contribution in [2.24, 2.45) is 11.8 Å². The zero-order valence-corrected chi connectivity index (χ0v) is 11.1. The number of hydrogen-bond acceptors (Lipinski definition) is 2. The molecule has 2 nitrogen and oxygen atoms in total. The molecule has 0 rings (SSSR count). The van der Waals surface area contributed by atoms with Gasteiger partial charge in [0, 0.05) is 12.1 Å². The summed E-state index contributed by atoms with van der Waals surface area (Å²) >= 11 is 0. The SMILES string of the molecule is CCC(C)CC(CC)N[C@H](CO)C(C)C. The smallest absolute Gasteiger partial charge is 0.0587 e. The summed E-state index contributed by atoms with van der Waals surface area (Å²) in [6, 6.07) is 0.804. The van der Waals surface area contributed by atoms with Gasteiger partial charge in [-0.3, -0.25) is 0 Å². The van der Waals surface area contributed by atoms with E-state index in [0.29, 0.717) is 12.0 Å². The summed E-state index contributed by atoms with van der Waals surface area (Å²) in [5.41, 5.74) is 0. The zero-order valence-electron chi connectivity index (χ0n) is 11.1. The zero-order chi connectivity index (χ0) is 11.8. The second-order valence-corrected chi connectivity index (χ2v) is 5.05. The van der Waals surface area contributed by atoms with E-state index >= 15 is 0 Å². The van der Waals surface area contributed by atoms with Crippen LogP contribution in [0.25, 0.3) is 0 Å². The number of aliphatic hydroxyl groups excluding tert-OH is 1. The van der Waals surface area contributed by atoms with Crippen molar-refractivity contribution in [2.45, 2.75) is 66.0 Å². The average Bonchev–Trinajstić information content (AvgIpc) is 2.22. The molecule has 3 atom stereocenters. The summed E-state index contributed by atoms with van der Waals surface area (Å²) in [5.74, 6) is 1.27. The first kappa shape index (κ1) is 14.9. The number of rotatable bonds is 8. The summed E-state index contributed by atoms with van der Waals surface area (Å²) in [6.45, 7) is 11.3. The molecule has 0 aromatic rings. The van der Waals surface area contributed by atoms with Crippen LogP contribution in [0, 0.1) is 11.8 Å². The van der Waals surface area contributed by atoms with Crippen molar-refractivity contribution in [3.05, 3.63) is 0 Å². The van der Waals surface area contributed by atoms with Crippen molar-refractivity contribution >= 4 is 0 Å². The van der Waals surface area contributed by atoms with Crippen LogP contribution in [0.1, 0.15) is 53.9 Å². The Kier molecular flexibility index (Phi) is 8.07. The van der Waals surface area contributed by atoms with E-state index < -0.39 is 0 Å². The maximum absolute atomic E-state index is 9.27. The maximum Gasteiger partial charge on any atom is 0.0587 e. The second-order valence-electron chi connectivity index (χ2n) is 5.05. The van der Waals surface area contributed by atoms with Gasteiger partial charge in [-0.05, 0) is 24.7 Å². The Morgan fingerprint density at radius 1 is 1.07 bits per heavy atom. The topological polar surface area (TPSA) is 32.3 Å². The first-order valence-electron chi connectivity index (χ1n) is 6.41. The fourth-order valence-electron chi connectivity index (χ4n) is 1.76. The van der Waals surface area contributed by atoms with Gasteiger partial charge in [-0.25, -0.2) is 0 Å². The van der Waals surface area contributed by atoms with Crippen molar-refractivity contribution in [3.8, 4) is 0 Å². The number of hydrogen-bond donors (Lipinski definition) is 2. The van der Waals surface area contributed by atoms with Gasteiger partial charge in [-0.1, -0.05) is 41.0 Å². The molecule has 0 aliphatic carbocycles. The Hall–Kier alpha value is -0.0800. The number of nitrogens with one attached hydrogen (secondary N) is 1. The Bertz CT molecular complexity index is 147. The van der Waals surface area contributed by atoms with E-state index in [-0.39, 0.29) is 12.6 Å². The molecule has 2 heteroatoms. The van der Waals surface area contributed by atoms with Gasteiger partial charge in [0.2, 0.25) is 0 Å². The molecule has 0 aliphatic rings. The molecule has 0 saturated heterocycles. The lowest BCUT2D eigenvalue weighted by atomic mass is 9.95. The van der Waals surface area contributed by atoms with E-state index in [1.807, 2.05) is 0 Å². The van der Waals surface area contributed by atoms with Crippen LogP contribution in [-0.2, 0) is 0 Å². The highest BCUT2D eigenvalue weighted by atomic mass is 16.3. The van der Waals surface area contributed by atoms with Crippen LogP contribution in [0.4, 0.5) is 0 Å². The lowest BCUT2D eigenvalue weighted by Crippen LogP contribution is -2.44. The molecule has 0 aromatic heterocycles. The van der Waals surface area contributed by atoms with Crippen LogP contribution >= 0.6 is 0 Å². The lowest BCUT2D eigenvalue weighted by molar-refractivity contribution is 0.190. The minimum absolute atomic E-state index is 0.245. The molecular weight excluding hydrogens is 186 g/mol. The lowest BCUT2D eigenvalue weighted by Gasteiger charge is -2.28. The fraction of sp³-hybridized carbons (Fsp3) is 1.00. The minimum Gasteiger partial charge on any atom is -0.395 e. The monoisotopic (exact) mass is 215 g/mol. The van der Waals surface area contributed by atoms with E-state index in [1.165, 1.54) is 12.8 Å². The van der Waals surface area contributed by atoms with Crippen LogP contribution in [0.15, 0.2) is 0 Å². The molecule has 2 unspecified atom stereocenters. The molecule has 0 heterocycles. The van der Waals surface area contributed by atoms with E-state index in [1.54, 1.807) is 0 Å². The summed E-state index contributed by atoms with van der Waals surface area (Å²) in [6.07, 6.45) is 3.60. The average molecular weight is 215 g/mol. The Balaban J connectivity index is 4.06. The minimum atomic E-state index is 0.245. The highest BCUT2D eigenvalue weighted by molar-refractivity contribution is 4.76. The Morgan fingerprint density at radius 2 is 1.67 bits per heavy atom. The van der Waals surface area contributed by atoms with Crippen LogP contribution in [0.2, 0.25) is 0 Å². The Morgan fingerprint density at radius 3 is 2.00 bits per heavy atom. The van der Waals surface area contributed by atoms with E-state index in [0.717, 1.165) is 12.3 Å². The van der Waals surface area contributed by atoms with Gasteiger partial charge in [0.25, 0.3) is 0 Å². The summed E-state index contributed by atoms with van der Waals surface area (Å²) in [5, 5.41) is 12.8. The maximum atomic E-state index is 9.27. The molecule has 2 N–H and O–H groups in total. The third-order valence-electron chi connectivity index (χ3n) is 3.33. The first-order valence-corrected chi connectivity index (χ1v) is 6.41. The predicted octanol–water partition coefficient (Wildman–Crippen LogP) is 2.81.